The minimum absolute atomic E-state index is 0.00211. The summed E-state index contributed by atoms with van der Waals surface area (Å²) in [4.78, 5) is 24.1. The number of primary sulfonamides is 1. The number of nitrogens with one attached hydrogen (secondary N) is 1. The summed E-state index contributed by atoms with van der Waals surface area (Å²) in [5.41, 5.74) is 1.05. The summed E-state index contributed by atoms with van der Waals surface area (Å²) in [6.07, 6.45) is -1.03. The van der Waals surface area contributed by atoms with E-state index in [0.717, 1.165) is 0 Å². The molecule has 0 radical (unpaired) electrons. The summed E-state index contributed by atoms with van der Waals surface area (Å²) >= 11 is 0. The van der Waals surface area contributed by atoms with Crippen molar-refractivity contribution in [1.82, 2.24) is 0 Å². The van der Waals surface area contributed by atoms with E-state index in [1.54, 1.807) is 24.3 Å². The predicted molar refractivity (Wildman–Crippen MR) is 98.7 cm³/mol. The number of esters is 1. The van der Waals surface area contributed by atoms with Gasteiger partial charge < -0.3 is 14.8 Å². The smallest absolute Gasteiger partial charge is 0.311 e. The van der Waals surface area contributed by atoms with E-state index in [1.165, 1.54) is 38.3 Å². The first-order chi connectivity index (χ1) is 12.7. The van der Waals surface area contributed by atoms with Crippen molar-refractivity contribution >= 4 is 27.6 Å². The van der Waals surface area contributed by atoms with Gasteiger partial charge in [0.2, 0.25) is 10.0 Å². The molecule has 3 N–H and O–H groups in total. The number of rotatable bonds is 7. The van der Waals surface area contributed by atoms with E-state index in [0.29, 0.717) is 17.0 Å². The number of hydrogen-bond acceptors (Lipinski definition) is 6. The fourth-order valence-corrected chi connectivity index (χ4v) is 2.73. The van der Waals surface area contributed by atoms with Crippen LogP contribution in [0.25, 0.3) is 0 Å². The molecule has 0 heterocycles. The van der Waals surface area contributed by atoms with Crippen LogP contribution in [0.2, 0.25) is 0 Å². The van der Waals surface area contributed by atoms with Crippen LogP contribution >= 0.6 is 0 Å². The maximum Gasteiger partial charge on any atom is 0.311 e. The van der Waals surface area contributed by atoms with E-state index >= 15 is 0 Å². The van der Waals surface area contributed by atoms with E-state index in [1.807, 2.05) is 0 Å². The van der Waals surface area contributed by atoms with Crippen molar-refractivity contribution in [3.63, 3.8) is 0 Å². The largest absolute Gasteiger partial charge is 0.497 e. The van der Waals surface area contributed by atoms with Gasteiger partial charge in [0.15, 0.2) is 6.10 Å². The normalized spacial score (nSPS) is 12.1. The molecular formula is C18H20N2O6S. The van der Waals surface area contributed by atoms with Gasteiger partial charge in [-0.3, -0.25) is 9.59 Å². The van der Waals surface area contributed by atoms with Crippen LogP contribution in [0.5, 0.6) is 5.75 Å². The number of carbonyl (C=O) groups excluding carboxylic acids is 2. The standard InChI is InChI=1S/C18H20N2O6S/c1-12(26-17(21)11-13-4-3-5-15(10-13)25-2)18(22)20-14-6-8-16(9-7-14)27(19,23)24/h3-10,12H,11H2,1-2H3,(H,20,22)(H2,19,23,24). The summed E-state index contributed by atoms with van der Waals surface area (Å²) in [7, 11) is -2.28. The molecule has 27 heavy (non-hydrogen) atoms. The third-order valence-electron chi connectivity index (χ3n) is 3.61. The number of anilines is 1. The molecule has 0 bridgehead atoms. The number of carbonyl (C=O) groups is 2. The molecule has 0 aliphatic rings. The second-order valence-electron chi connectivity index (χ2n) is 5.72. The number of sulfonamides is 1. The Kier molecular flexibility index (Phi) is 6.54. The number of amides is 1. The van der Waals surface area contributed by atoms with Crippen molar-refractivity contribution in [3.05, 3.63) is 54.1 Å². The van der Waals surface area contributed by atoms with Crippen LogP contribution in [0.15, 0.2) is 53.4 Å². The lowest BCUT2D eigenvalue weighted by atomic mass is 10.1. The zero-order valence-corrected chi connectivity index (χ0v) is 15.7. The molecule has 0 aliphatic carbocycles. The third-order valence-corrected chi connectivity index (χ3v) is 4.54. The van der Waals surface area contributed by atoms with Gasteiger partial charge in [-0.25, -0.2) is 13.6 Å². The molecule has 2 aromatic rings. The number of methoxy groups -OCH3 is 1. The van der Waals surface area contributed by atoms with Gasteiger partial charge in [0, 0.05) is 5.69 Å². The van der Waals surface area contributed by atoms with E-state index in [2.05, 4.69) is 5.32 Å². The highest BCUT2D eigenvalue weighted by Crippen LogP contribution is 2.15. The molecule has 0 aromatic heterocycles. The first-order valence-corrected chi connectivity index (χ1v) is 9.50. The molecule has 144 valence electrons. The van der Waals surface area contributed by atoms with Crippen molar-refractivity contribution in [2.24, 2.45) is 5.14 Å². The summed E-state index contributed by atoms with van der Waals surface area (Å²) in [5.74, 6) is -0.484. The zero-order valence-electron chi connectivity index (χ0n) is 14.8. The Balaban J connectivity index is 1.91. The van der Waals surface area contributed by atoms with Crippen LogP contribution in [0.1, 0.15) is 12.5 Å². The molecular weight excluding hydrogens is 372 g/mol. The molecule has 8 nitrogen and oxygen atoms in total. The van der Waals surface area contributed by atoms with Gasteiger partial charge >= 0.3 is 5.97 Å². The first kappa shape index (κ1) is 20.4. The van der Waals surface area contributed by atoms with Crippen LogP contribution in [-0.4, -0.2) is 33.5 Å². The van der Waals surface area contributed by atoms with Gasteiger partial charge in [0.1, 0.15) is 5.75 Å². The monoisotopic (exact) mass is 392 g/mol. The molecule has 1 atom stereocenters. The van der Waals surface area contributed by atoms with Crippen molar-refractivity contribution in [2.45, 2.75) is 24.3 Å². The molecule has 0 saturated heterocycles. The molecule has 0 fully saturated rings. The van der Waals surface area contributed by atoms with Gasteiger partial charge in [-0.05, 0) is 48.9 Å². The fraction of sp³-hybridized carbons (Fsp3) is 0.222. The number of nitrogens with two attached hydrogens (primary N) is 1. The SMILES string of the molecule is COc1cccc(CC(=O)OC(C)C(=O)Nc2ccc(S(N)(=O)=O)cc2)c1. The first-order valence-electron chi connectivity index (χ1n) is 7.95. The van der Waals surface area contributed by atoms with E-state index in [9.17, 15) is 18.0 Å². The average Bonchev–Trinajstić information content (AvgIpc) is 2.61. The molecule has 0 aliphatic heterocycles. The highest BCUT2D eigenvalue weighted by atomic mass is 32.2. The maximum absolute atomic E-state index is 12.1. The minimum Gasteiger partial charge on any atom is -0.497 e. The molecule has 0 saturated carbocycles. The summed E-state index contributed by atoms with van der Waals surface area (Å²) in [6.45, 7) is 1.44. The van der Waals surface area contributed by atoms with Crippen LogP contribution in [-0.2, 0) is 30.8 Å². The van der Waals surface area contributed by atoms with Gasteiger partial charge in [-0.1, -0.05) is 12.1 Å². The molecule has 2 rings (SSSR count). The maximum atomic E-state index is 12.1. The van der Waals surface area contributed by atoms with Gasteiger partial charge in [-0.15, -0.1) is 0 Å². The van der Waals surface area contributed by atoms with Crippen LogP contribution in [0.3, 0.4) is 0 Å². The Morgan fingerprint density at radius 2 is 1.81 bits per heavy atom. The number of hydrogen-bond donors (Lipinski definition) is 2. The van der Waals surface area contributed by atoms with Crippen LogP contribution in [0.4, 0.5) is 5.69 Å². The minimum atomic E-state index is -3.81. The Bertz CT molecular complexity index is 925. The van der Waals surface area contributed by atoms with Gasteiger partial charge in [0.25, 0.3) is 5.91 Å². The lowest BCUT2D eigenvalue weighted by molar-refractivity contribution is -0.152. The topological polar surface area (TPSA) is 125 Å². The molecule has 1 amide bonds. The average molecular weight is 392 g/mol. The lowest BCUT2D eigenvalue weighted by Gasteiger charge is -2.14. The molecule has 2 aromatic carbocycles. The third kappa shape index (κ3) is 6.08. The van der Waals surface area contributed by atoms with Gasteiger partial charge in [-0.2, -0.15) is 0 Å². The van der Waals surface area contributed by atoms with Crippen LogP contribution in [0, 0.1) is 0 Å². The quantitative estimate of drug-likeness (QED) is 0.687. The summed E-state index contributed by atoms with van der Waals surface area (Å²) < 4.78 is 32.6. The number of ether oxygens (including phenoxy) is 2. The van der Waals surface area contributed by atoms with Gasteiger partial charge in [0.05, 0.1) is 18.4 Å². The highest BCUT2D eigenvalue weighted by molar-refractivity contribution is 7.89. The highest BCUT2D eigenvalue weighted by Gasteiger charge is 2.18. The molecule has 1 unspecified atom stereocenters. The second-order valence-corrected chi connectivity index (χ2v) is 7.28. The molecule has 9 heteroatoms. The van der Waals surface area contributed by atoms with Crippen molar-refractivity contribution in [1.29, 1.82) is 0 Å². The zero-order chi connectivity index (χ0) is 20.0. The second kappa shape index (κ2) is 8.65. The number of benzene rings is 2. The fourth-order valence-electron chi connectivity index (χ4n) is 2.21. The van der Waals surface area contributed by atoms with E-state index < -0.39 is 28.0 Å². The van der Waals surface area contributed by atoms with Crippen LogP contribution < -0.4 is 15.2 Å². The van der Waals surface area contributed by atoms with Crippen molar-refractivity contribution in [2.75, 3.05) is 12.4 Å². The molecule has 0 spiro atoms. The summed E-state index contributed by atoms with van der Waals surface area (Å²) in [6, 6.07) is 12.3. The van der Waals surface area contributed by atoms with Crippen molar-refractivity contribution < 1.29 is 27.5 Å². The Hall–Kier alpha value is -2.91. The lowest BCUT2D eigenvalue weighted by Crippen LogP contribution is -2.30. The van der Waals surface area contributed by atoms with E-state index in [4.69, 9.17) is 14.6 Å². The Morgan fingerprint density at radius 3 is 2.41 bits per heavy atom. The summed E-state index contributed by atoms with van der Waals surface area (Å²) in [5, 5.41) is 7.55. The van der Waals surface area contributed by atoms with Crippen molar-refractivity contribution in [3.8, 4) is 5.75 Å². The van der Waals surface area contributed by atoms with E-state index in [-0.39, 0.29) is 11.3 Å². The Morgan fingerprint density at radius 1 is 1.15 bits per heavy atom. The predicted octanol–water partition coefficient (Wildman–Crippen LogP) is 1.46. The Labute approximate surface area is 157 Å².